The molecule has 0 heterocycles. The molecule has 7 nitrogen and oxygen atoms in total. The van der Waals surface area contributed by atoms with E-state index < -0.39 is 28.4 Å². The second-order valence-electron chi connectivity index (χ2n) is 5.48. The molecule has 0 saturated carbocycles. The largest absolute Gasteiger partial charge is 0.462 e. The zero-order valence-electron chi connectivity index (χ0n) is 14.6. The second-order valence-corrected chi connectivity index (χ2v) is 7.68. The standard InChI is InChI=1S/C18H19ClN2O5S/c1-2-26-18(23)14-6-8-16(9-7-14)27(24,25)21-12-17(22)20-11-13-4-3-5-15(19)10-13/h3-10,21H,2,11-12H2,1H3,(H,20,22). The van der Waals surface area contributed by atoms with Crippen LogP contribution in [0, 0.1) is 0 Å². The fourth-order valence-electron chi connectivity index (χ4n) is 2.14. The highest BCUT2D eigenvalue weighted by molar-refractivity contribution is 7.89. The lowest BCUT2D eigenvalue weighted by Crippen LogP contribution is -2.36. The Balaban J connectivity index is 1.90. The number of hydrogen-bond acceptors (Lipinski definition) is 5. The molecule has 0 saturated heterocycles. The first kappa shape index (κ1) is 20.9. The van der Waals surface area contributed by atoms with E-state index in [0.29, 0.717) is 5.02 Å². The highest BCUT2D eigenvalue weighted by Crippen LogP contribution is 2.12. The Kier molecular flexibility index (Phi) is 7.35. The van der Waals surface area contributed by atoms with E-state index in [4.69, 9.17) is 16.3 Å². The predicted molar refractivity (Wildman–Crippen MR) is 101 cm³/mol. The number of carbonyl (C=O) groups is 2. The van der Waals surface area contributed by atoms with Gasteiger partial charge in [-0.2, -0.15) is 0 Å². The average molecular weight is 411 g/mol. The molecule has 0 unspecified atom stereocenters. The van der Waals surface area contributed by atoms with Crippen LogP contribution < -0.4 is 10.0 Å². The molecule has 144 valence electrons. The van der Waals surface area contributed by atoms with Crippen molar-refractivity contribution in [3.8, 4) is 0 Å². The number of hydrogen-bond donors (Lipinski definition) is 2. The van der Waals surface area contributed by atoms with Gasteiger partial charge in [-0.25, -0.2) is 17.9 Å². The maximum Gasteiger partial charge on any atom is 0.338 e. The van der Waals surface area contributed by atoms with Crippen molar-refractivity contribution in [2.45, 2.75) is 18.4 Å². The fourth-order valence-corrected chi connectivity index (χ4v) is 3.33. The van der Waals surface area contributed by atoms with Crippen LogP contribution in [0.3, 0.4) is 0 Å². The third-order valence-corrected chi connectivity index (χ3v) is 5.13. The fraction of sp³-hybridized carbons (Fsp3) is 0.222. The molecule has 0 aliphatic carbocycles. The molecular formula is C18H19ClN2O5S. The molecule has 0 atom stereocenters. The number of sulfonamides is 1. The quantitative estimate of drug-likeness (QED) is 0.649. The molecule has 1 amide bonds. The van der Waals surface area contributed by atoms with Gasteiger partial charge in [0.1, 0.15) is 0 Å². The van der Waals surface area contributed by atoms with Gasteiger partial charge in [0, 0.05) is 11.6 Å². The number of amides is 1. The molecule has 0 spiro atoms. The minimum absolute atomic E-state index is 0.0572. The van der Waals surface area contributed by atoms with E-state index in [2.05, 4.69) is 10.0 Å². The van der Waals surface area contributed by atoms with Crippen LogP contribution in [0.15, 0.2) is 53.4 Å². The van der Waals surface area contributed by atoms with Crippen molar-refractivity contribution < 1.29 is 22.7 Å². The highest BCUT2D eigenvalue weighted by atomic mass is 35.5. The first-order valence-electron chi connectivity index (χ1n) is 8.10. The summed E-state index contributed by atoms with van der Waals surface area (Å²) in [4.78, 5) is 23.4. The van der Waals surface area contributed by atoms with Crippen molar-refractivity contribution in [2.75, 3.05) is 13.2 Å². The molecule has 2 N–H and O–H groups in total. The summed E-state index contributed by atoms with van der Waals surface area (Å²) in [7, 11) is -3.88. The molecule has 27 heavy (non-hydrogen) atoms. The van der Waals surface area contributed by atoms with Crippen LogP contribution in [-0.2, 0) is 26.1 Å². The molecule has 2 rings (SSSR count). The predicted octanol–water partition coefficient (Wildman–Crippen LogP) is 2.11. The van der Waals surface area contributed by atoms with Crippen LogP contribution in [0.1, 0.15) is 22.8 Å². The van der Waals surface area contributed by atoms with E-state index in [9.17, 15) is 18.0 Å². The average Bonchev–Trinajstić information content (AvgIpc) is 2.65. The van der Waals surface area contributed by atoms with Gasteiger partial charge in [-0.05, 0) is 48.9 Å². The summed E-state index contributed by atoms with van der Waals surface area (Å²) in [6, 6.07) is 12.2. The number of esters is 1. The Labute approximate surface area is 162 Å². The Bertz CT molecular complexity index is 914. The zero-order chi connectivity index (χ0) is 19.9. The molecule has 2 aromatic carbocycles. The van der Waals surface area contributed by atoms with Crippen molar-refractivity contribution in [1.82, 2.24) is 10.0 Å². The summed E-state index contributed by atoms with van der Waals surface area (Å²) in [6.07, 6.45) is 0. The second kappa shape index (κ2) is 9.50. The maximum atomic E-state index is 12.2. The number of nitrogens with one attached hydrogen (secondary N) is 2. The normalized spacial score (nSPS) is 11.0. The van der Waals surface area contributed by atoms with Crippen LogP contribution in [0.2, 0.25) is 5.02 Å². The van der Waals surface area contributed by atoms with Crippen molar-refractivity contribution >= 4 is 33.5 Å². The molecule has 0 radical (unpaired) electrons. The topological polar surface area (TPSA) is 102 Å². The van der Waals surface area contributed by atoms with Crippen LogP contribution in [-0.4, -0.2) is 33.4 Å². The van der Waals surface area contributed by atoms with Gasteiger partial charge in [0.15, 0.2) is 0 Å². The highest BCUT2D eigenvalue weighted by Gasteiger charge is 2.16. The Morgan fingerprint density at radius 3 is 2.44 bits per heavy atom. The number of benzene rings is 2. The maximum absolute atomic E-state index is 12.2. The smallest absolute Gasteiger partial charge is 0.338 e. The molecule has 0 bridgehead atoms. The summed E-state index contributed by atoms with van der Waals surface area (Å²) in [5, 5.41) is 3.15. The van der Waals surface area contributed by atoms with Gasteiger partial charge in [-0.1, -0.05) is 23.7 Å². The van der Waals surface area contributed by atoms with Crippen LogP contribution in [0.25, 0.3) is 0 Å². The van der Waals surface area contributed by atoms with Crippen LogP contribution in [0.4, 0.5) is 0 Å². The third-order valence-electron chi connectivity index (χ3n) is 3.48. The lowest BCUT2D eigenvalue weighted by Gasteiger charge is -2.09. The molecule has 0 fully saturated rings. The summed E-state index contributed by atoms with van der Waals surface area (Å²) >= 11 is 5.86. The minimum Gasteiger partial charge on any atom is -0.462 e. The summed E-state index contributed by atoms with van der Waals surface area (Å²) < 4.78 is 31.5. The van der Waals surface area contributed by atoms with Gasteiger partial charge in [0.2, 0.25) is 15.9 Å². The van der Waals surface area contributed by atoms with Gasteiger partial charge in [-0.3, -0.25) is 4.79 Å². The first-order valence-corrected chi connectivity index (χ1v) is 9.96. The van der Waals surface area contributed by atoms with E-state index in [-0.39, 0.29) is 23.6 Å². The lowest BCUT2D eigenvalue weighted by atomic mass is 10.2. The minimum atomic E-state index is -3.88. The van der Waals surface area contributed by atoms with Crippen molar-refractivity contribution in [2.24, 2.45) is 0 Å². The van der Waals surface area contributed by atoms with E-state index in [1.54, 1.807) is 31.2 Å². The lowest BCUT2D eigenvalue weighted by molar-refractivity contribution is -0.120. The molecule has 0 aromatic heterocycles. The van der Waals surface area contributed by atoms with Crippen LogP contribution in [0.5, 0.6) is 0 Å². The SMILES string of the molecule is CCOC(=O)c1ccc(S(=O)(=O)NCC(=O)NCc2cccc(Cl)c2)cc1. The van der Waals surface area contributed by atoms with Gasteiger partial charge in [0.05, 0.1) is 23.6 Å². The van der Waals surface area contributed by atoms with Crippen molar-refractivity contribution in [3.05, 3.63) is 64.7 Å². The molecule has 9 heteroatoms. The Morgan fingerprint density at radius 1 is 1.11 bits per heavy atom. The van der Waals surface area contributed by atoms with E-state index in [1.807, 2.05) is 0 Å². The summed E-state index contributed by atoms with van der Waals surface area (Å²) in [5.41, 5.74) is 1.04. The zero-order valence-corrected chi connectivity index (χ0v) is 16.1. The van der Waals surface area contributed by atoms with Gasteiger partial charge < -0.3 is 10.1 Å². The summed E-state index contributed by atoms with van der Waals surface area (Å²) in [5.74, 6) is -1.02. The molecule has 0 aliphatic rings. The van der Waals surface area contributed by atoms with E-state index in [0.717, 1.165) is 5.56 Å². The summed E-state index contributed by atoms with van der Waals surface area (Å²) in [6.45, 7) is 1.72. The van der Waals surface area contributed by atoms with Crippen LogP contribution >= 0.6 is 11.6 Å². The Morgan fingerprint density at radius 2 is 1.81 bits per heavy atom. The molecular weight excluding hydrogens is 392 g/mol. The van der Waals surface area contributed by atoms with Crippen molar-refractivity contribution in [1.29, 1.82) is 0 Å². The number of ether oxygens (including phenoxy) is 1. The number of rotatable bonds is 8. The first-order chi connectivity index (χ1) is 12.8. The van der Waals surface area contributed by atoms with E-state index >= 15 is 0 Å². The van der Waals surface area contributed by atoms with Crippen molar-refractivity contribution in [3.63, 3.8) is 0 Å². The van der Waals surface area contributed by atoms with Gasteiger partial charge >= 0.3 is 5.97 Å². The third kappa shape index (κ3) is 6.35. The molecule has 0 aliphatic heterocycles. The van der Waals surface area contributed by atoms with E-state index in [1.165, 1.54) is 24.3 Å². The monoisotopic (exact) mass is 410 g/mol. The Hall–Kier alpha value is -2.42. The van der Waals surface area contributed by atoms with Gasteiger partial charge in [0.25, 0.3) is 0 Å². The molecule has 2 aromatic rings. The number of halogens is 1. The number of carbonyl (C=O) groups excluding carboxylic acids is 2. The van der Waals surface area contributed by atoms with Gasteiger partial charge in [-0.15, -0.1) is 0 Å².